The zero-order valence-corrected chi connectivity index (χ0v) is 17.6. The molecule has 0 unspecified atom stereocenters. The molecule has 3 amide bonds. The van der Waals surface area contributed by atoms with Gasteiger partial charge in [0.2, 0.25) is 11.8 Å². The van der Waals surface area contributed by atoms with Crippen LogP contribution in [0.25, 0.3) is 0 Å². The molecule has 1 saturated carbocycles. The van der Waals surface area contributed by atoms with Crippen molar-refractivity contribution < 1.29 is 14.4 Å². The minimum Gasteiger partial charge on any atom is -0.348 e. The van der Waals surface area contributed by atoms with Crippen LogP contribution in [0.4, 0.5) is 0 Å². The molecule has 1 spiro atoms. The normalized spacial score (nSPS) is 27.8. The summed E-state index contributed by atoms with van der Waals surface area (Å²) in [6, 6.07) is 3.51. The molecule has 3 heterocycles. The highest BCUT2D eigenvalue weighted by molar-refractivity contribution is 5.94. The molecule has 0 radical (unpaired) electrons. The number of aromatic nitrogens is 1. The van der Waals surface area contributed by atoms with Crippen molar-refractivity contribution in [2.75, 3.05) is 40.3 Å². The number of carbonyl (C=O) groups is 3. The van der Waals surface area contributed by atoms with Gasteiger partial charge in [0.05, 0.1) is 5.41 Å². The Hall–Kier alpha value is -2.44. The molecule has 1 aromatic heterocycles. The minimum atomic E-state index is -0.466. The van der Waals surface area contributed by atoms with Gasteiger partial charge in [0, 0.05) is 65.2 Å². The van der Waals surface area contributed by atoms with Crippen LogP contribution < -0.4 is 0 Å². The van der Waals surface area contributed by atoms with Gasteiger partial charge in [-0.3, -0.25) is 19.4 Å². The highest BCUT2D eigenvalue weighted by Gasteiger charge is 2.65. The third-order valence-electron chi connectivity index (χ3n) is 7.60. The van der Waals surface area contributed by atoms with Gasteiger partial charge in [0.15, 0.2) is 0 Å². The van der Waals surface area contributed by atoms with Gasteiger partial charge >= 0.3 is 0 Å². The smallest absolute Gasteiger partial charge is 0.253 e. The van der Waals surface area contributed by atoms with E-state index in [1.54, 1.807) is 36.4 Å². The standard InChI is InChI=1S/C22H30N4O3/c1-16(27)26-14-18-21(6-7-22(18,15-26)20(29)24(2)3)8-12-25(13-9-21)19(28)17-4-10-23-11-5-17/h4-5,10-11,18H,6-9,12-15H2,1-3H3/t18-,22+/m0/s1. The Kier molecular flexibility index (Phi) is 4.87. The summed E-state index contributed by atoms with van der Waals surface area (Å²) in [5, 5.41) is 0. The first-order valence-corrected chi connectivity index (χ1v) is 10.5. The van der Waals surface area contributed by atoms with Crippen LogP contribution in [-0.4, -0.2) is 77.7 Å². The summed E-state index contributed by atoms with van der Waals surface area (Å²) in [6.45, 7) is 4.18. The first-order valence-electron chi connectivity index (χ1n) is 10.5. The summed E-state index contributed by atoms with van der Waals surface area (Å²) in [5.41, 5.74) is 0.236. The maximum absolute atomic E-state index is 13.2. The number of nitrogens with zero attached hydrogens (tertiary/aromatic N) is 4. The van der Waals surface area contributed by atoms with E-state index in [2.05, 4.69) is 4.98 Å². The minimum absolute atomic E-state index is 0.0326. The molecule has 156 valence electrons. The Bertz CT molecular complexity index is 817. The lowest BCUT2D eigenvalue weighted by atomic mass is 9.65. The third-order valence-corrected chi connectivity index (χ3v) is 7.60. The van der Waals surface area contributed by atoms with E-state index >= 15 is 0 Å². The largest absolute Gasteiger partial charge is 0.348 e. The number of pyridine rings is 1. The highest BCUT2D eigenvalue weighted by atomic mass is 16.2. The molecule has 29 heavy (non-hydrogen) atoms. The number of likely N-dealkylation sites (tertiary alicyclic amines) is 2. The van der Waals surface area contributed by atoms with Crippen molar-refractivity contribution in [1.29, 1.82) is 0 Å². The fraction of sp³-hybridized carbons (Fsp3) is 0.636. The molecule has 3 fully saturated rings. The van der Waals surface area contributed by atoms with Gasteiger partial charge in [-0.05, 0) is 49.1 Å². The van der Waals surface area contributed by atoms with Crippen molar-refractivity contribution >= 4 is 17.7 Å². The Morgan fingerprint density at radius 3 is 2.28 bits per heavy atom. The summed E-state index contributed by atoms with van der Waals surface area (Å²) in [7, 11) is 3.62. The molecule has 1 aliphatic carbocycles. The van der Waals surface area contributed by atoms with Crippen LogP contribution in [0.3, 0.4) is 0 Å². The summed E-state index contributed by atoms with van der Waals surface area (Å²) < 4.78 is 0. The van der Waals surface area contributed by atoms with Crippen LogP contribution in [0.1, 0.15) is 43.0 Å². The average molecular weight is 399 g/mol. The second kappa shape index (κ2) is 7.11. The molecule has 7 nitrogen and oxygen atoms in total. The van der Waals surface area contributed by atoms with Gasteiger partial charge in [-0.15, -0.1) is 0 Å². The van der Waals surface area contributed by atoms with Gasteiger partial charge in [-0.1, -0.05) is 0 Å². The van der Waals surface area contributed by atoms with E-state index in [0.29, 0.717) is 31.7 Å². The van der Waals surface area contributed by atoms with Gasteiger partial charge in [0.25, 0.3) is 5.91 Å². The second-order valence-corrected chi connectivity index (χ2v) is 9.20. The number of fused-ring (bicyclic) bond motifs is 2. The van der Waals surface area contributed by atoms with Gasteiger partial charge in [-0.2, -0.15) is 0 Å². The predicted molar refractivity (Wildman–Crippen MR) is 108 cm³/mol. The highest BCUT2D eigenvalue weighted by Crippen LogP contribution is 2.62. The Balaban J connectivity index is 1.54. The SMILES string of the molecule is CC(=O)N1C[C@H]2C3(CCN(C(=O)c4ccncc4)CC3)CC[C@@]2(C(=O)N(C)C)C1. The number of amides is 3. The molecule has 2 atom stereocenters. The molecule has 7 heteroatoms. The molecular weight excluding hydrogens is 368 g/mol. The van der Waals surface area contributed by atoms with E-state index in [1.165, 1.54) is 0 Å². The van der Waals surface area contributed by atoms with E-state index in [9.17, 15) is 14.4 Å². The Morgan fingerprint density at radius 1 is 1.03 bits per heavy atom. The van der Waals surface area contributed by atoms with Crippen LogP contribution in [-0.2, 0) is 9.59 Å². The van der Waals surface area contributed by atoms with Crippen LogP contribution in [0.5, 0.6) is 0 Å². The molecule has 0 N–H and O–H groups in total. The fourth-order valence-corrected chi connectivity index (χ4v) is 6.03. The van der Waals surface area contributed by atoms with Crippen LogP contribution in [0.2, 0.25) is 0 Å². The quantitative estimate of drug-likeness (QED) is 0.759. The fourth-order valence-electron chi connectivity index (χ4n) is 6.03. The van der Waals surface area contributed by atoms with E-state index < -0.39 is 5.41 Å². The third kappa shape index (κ3) is 3.11. The maximum atomic E-state index is 13.2. The summed E-state index contributed by atoms with van der Waals surface area (Å²) in [5.74, 6) is 0.420. The molecular formula is C22H30N4O3. The monoisotopic (exact) mass is 398 g/mol. The number of hydrogen-bond acceptors (Lipinski definition) is 4. The molecule has 3 aliphatic rings. The van der Waals surface area contributed by atoms with Crippen molar-refractivity contribution in [1.82, 2.24) is 19.7 Å². The lowest BCUT2D eigenvalue weighted by Gasteiger charge is -2.44. The summed E-state index contributed by atoms with van der Waals surface area (Å²) in [6.07, 6.45) is 6.90. The van der Waals surface area contributed by atoms with Gasteiger partial charge in [0.1, 0.15) is 0 Å². The van der Waals surface area contributed by atoms with Crippen molar-refractivity contribution in [3.63, 3.8) is 0 Å². The maximum Gasteiger partial charge on any atom is 0.253 e. The zero-order chi connectivity index (χ0) is 20.8. The van der Waals surface area contributed by atoms with Gasteiger partial charge in [-0.25, -0.2) is 0 Å². The molecule has 2 saturated heterocycles. The first-order chi connectivity index (χ1) is 13.8. The van der Waals surface area contributed by atoms with Crippen LogP contribution >= 0.6 is 0 Å². The Labute approximate surface area is 172 Å². The predicted octanol–water partition coefficient (Wildman–Crippen LogP) is 1.65. The molecule has 4 rings (SSSR count). The lowest BCUT2D eigenvalue weighted by Crippen LogP contribution is -2.49. The zero-order valence-electron chi connectivity index (χ0n) is 17.6. The van der Waals surface area contributed by atoms with Crippen molar-refractivity contribution in [3.05, 3.63) is 30.1 Å². The topological polar surface area (TPSA) is 73.8 Å². The molecule has 0 bridgehead atoms. The molecule has 1 aromatic rings. The molecule has 0 aromatic carbocycles. The summed E-state index contributed by atoms with van der Waals surface area (Å²) in [4.78, 5) is 47.6. The van der Waals surface area contributed by atoms with Crippen LogP contribution in [0, 0.1) is 16.7 Å². The lowest BCUT2D eigenvalue weighted by molar-refractivity contribution is -0.141. The van der Waals surface area contributed by atoms with E-state index in [-0.39, 0.29) is 29.1 Å². The number of carbonyl (C=O) groups excluding carboxylic acids is 3. The average Bonchev–Trinajstić information content (AvgIpc) is 3.26. The summed E-state index contributed by atoms with van der Waals surface area (Å²) >= 11 is 0. The van der Waals surface area contributed by atoms with Gasteiger partial charge < -0.3 is 14.7 Å². The number of hydrogen-bond donors (Lipinski definition) is 0. The Morgan fingerprint density at radius 2 is 1.69 bits per heavy atom. The number of piperidine rings is 1. The van der Waals surface area contributed by atoms with Crippen LogP contribution in [0.15, 0.2) is 24.5 Å². The molecule has 2 aliphatic heterocycles. The van der Waals surface area contributed by atoms with E-state index in [0.717, 1.165) is 25.7 Å². The second-order valence-electron chi connectivity index (χ2n) is 9.20. The van der Waals surface area contributed by atoms with Crippen molar-refractivity contribution in [3.8, 4) is 0 Å². The first kappa shape index (κ1) is 19.9. The van der Waals surface area contributed by atoms with Crippen molar-refractivity contribution in [2.24, 2.45) is 16.7 Å². The number of rotatable bonds is 2. The van der Waals surface area contributed by atoms with E-state index in [4.69, 9.17) is 0 Å². The van der Waals surface area contributed by atoms with E-state index in [1.807, 2.05) is 23.9 Å². The van der Waals surface area contributed by atoms with Crippen molar-refractivity contribution in [2.45, 2.75) is 32.6 Å².